The lowest BCUT2D eigenvalue weighted by Crippen LogP contribution is -2.16. The molecule has 18 heavy (non-hydrogen) atoms. The number of aromatic hydroxyl groups is 1. The van der Waals surface area contributed by atoms with Gasteiger partial charge in [0, 0.05) is 6.20 Å². The van der Waals surface area contributed by atoms with Gasteiger partial charge in [-0.2, -0.15) is 0 Å². The molecule has 0 spiro atoms. The number of hydrogen-bond acceptors (Lipinski definition) is 3. The number of phenolic OH excluding ortho intramolecular Hbond substituents is 1. The summed E-state index contributed by atoms with van der Waals surface area (Å²) in [6, 6.07) is 10.7. The maximum Gasteiger partial charge on any atom is 0.267 e. The van der Waals surface area contributed by atoms with Crippen LogP contribution in [0.2, 0.25) is 0 Å². The number of carbonyl (C=O) groups excluding carboxylic acids is 1. The lowest BCUT2D eigenvalue weighted by Gasteiger charge is -2.05. The maximum absolute atomic E-state index is 11.2. The minimum Gasteiger partial charge on any atom is -0.508 e. The van der Waals surface area contributed by atoms with Crippen LogP contribution in [0.5, 0.6) is 5.75 Å². The molecule has 0 aliphatic carbocycles. The predicted octanol–water partition coefficient (Wildman–Crippen LogP) is 1.67. The summed E-state index contributed by atoms with van der Waals surface area (Å²) >= 11 is 0. The molecule has 1 heterocycles. The van der Waals surface area contributed by atoms with E-state index < -0.39 is 5.91 Å². The van der Waals surface area contributed by atoms with Gasteiger partial charge in [-0.1, -0.05) is 18.2 Å². The quantitative estimate of drug-likeness (QED) is 0.856. The Morgan fingerprint density at radius 3 is 2.56 bits per heavy atom. The van der Waals surface area contributed by atoms with Gasteiger partial charge in [-0.3, -0.25) is 9.78 Å². The van der Waals surface area contributed by atoms with Crippen molar-refractivity contribution in [1.29, 1.82) is 0 Å². The Kier molecular flexibility index (Phi) is 3.57. The first kappa shape index (κ1) is 12.1. The largest absolute Gasteiger partial charge is 0.508 e. The molecule has 0 saturated heterocycles. The molecule has 2 rings (SSSR count). The van der Waals surface area contributed by atoms with Crippen molar-refractivity contribution in [2.75, 3.05) is 0 Å². The summed E-state index contributed by atoms with van der Waals surface area (Å²) in [5.41, 5.74) is 7.53. The molecule has 0 bridgehead atoms. The second-order valence-electron chi connectivity index (χ2n) is 4.04. The molecule has 1 aromatic heterocycles. The lowest BCUT2D eigenvalue weighted by atomic mass is 10.0. The summed E-state index contributed by atoms with van der Waals surface area (Å²) in [5.74, 6) is -0.255. The zero-order valence-corrected chi connectivity index (χ0v) is 9.84. The monoisotopic (exact) mass is 242 g/mol. The number of carbonyl (C=O) groups is 1. The molecule has 0 aliphatic heterocycles. The van der Waals surface area contributed by atoms with Gasteiger partial charge in [-0.15, -0.1) is 0 Å². The van der Waals surface area contributed by atoms with Gasteiger partial charge >= 0.3 is 0 Å². The fraction of sp³-hybridized carbons (Fsp3) is 0.143. The molecule has 0 atom stereocenters. The fourth-order valence-corrected chi connectivity index (χ4v) is 1.80. The number of phenols is 1. The molecule has 2 aromatic rings. The molecule has 0 aliphatic rings. The van der Waals surface area contributed by atoms with Crippen LogP contribution in [0.3, 0.4) is 0 Å². The minimum atomic E-state index is -0.503. The second kappa shape index (κ2) is 5.31. The maximum atomic E-state index is 11.2. The first-order valence-electron chi connectivity index (χ1n) is 5.68. The van der Waals surface area contributed by atoms with E-state index >= 15 is 0 Å². The Morgan fingerprint density at radius 1 is 1.17 bits per heavy atom. The lowest BCUT2D eigenvalue weighted by molar-refractivity contribution is 0.0994. The van der Waals surface area contributed by atoms with E-state index in [1.165, 1.54) is 0 Å². The van der Waals surface area contributed by atoms with Crippen LogP contribution >= 0.6 is 0 Å². The second-order valence-corrected chi connectivity index (χ2v) is 4.04. The molecular weight excluding hydrogens is 228 g/mol. The Morgan fingerprint density at radius 2 is 1.89 bits per heavy atom. The number of hydrogen-bond donors (Lipinski definition) is 2. The van der Waals surface area contributed by atoms with Crippen LogP contribution in [0.25, 0.3) is 0 Å². The summed E-state index contributed by atoms with van der Waals surface area (Å²) in [5, 5.41) is 9.19. The standard InChI is InChI=1S/C14H14N2O2/c15-14(18)13-11(2-1-9-16-13)6-3-10-4-7-12(17)8-5-10/h1-2,4-5,7-9,17H,3,6H2,(H2,15,18). The van der Waals surface area contributed by atoms with Gasteiger partial charge in [0.2, 0.25) is 0 Å². The van der Waals surface area contributed by atoms with Crippen molar-refractivity contribution in [1.82, 2.24) is 4.98 Å². The third kappa shape index (κ3) is 2.85. The molecule has 0 saturated carbocycles. The molecule has 0 radical (unpaired) electrons. The fourth-order valence-electron chi connectivity index (χ4n) is 1.80. The Labute approximate surface area is 105 Å². The van der Waals surface area contributed by atoms with Crippen molar-refractivity contribution in [3.63, 3.8) is 0 Å². The first-order valence-corrected chi connectivity index (χ1v) is 5.68. The molecule has 92 valence electrons. The highest BCUT2D eigenvalue weighted by atomic mass is 16.3. The van der Waals surface area contributed by atoms with Crippen LogP contribution in [-0.2, 0) is 12.8 Å². The summed E-state index contributed by atoms with van der Waals surface area (Å²) in [6.07, 6.45) is 3.02. The summed E-state index contributed by atoms with van der Waals surface area (Å²) in [4.78, 5) is 15.2. The Hall–Kier alpha value is -2.36. The van der Waals surface area contributed by atoms with Crippen LogP contribution in [0.4, 0.5) is 0 Å². The summed E-state index contributed by atoms with van der Waals surface area (Å²) < 4.78 is 0. The van der Waals surface area contributed by atoms with Crippen molar-refractivity contribution in [2.24, 2.45) is 5.73 Å². The Bertz CT molecular complexity index is 550. The zero-order chi connectivity index (χ0) is 13.0. The van der Waals surface area contributed by atoms with Gasteiger partial charge in [0.05, 0.1) is 0 Å². The molecular formula is C14H14N2O2. The summed E-state index contributed by atoms with van der Waals surface area (Å²) in [6.45, 7) is 0. The van der Waals surface area contributed by atoms with Crippen molar-refractivity contribution in [2.45, 2.75) is 12.8 Å². The van der Waals surface area contributed by atoms with Crippen molar-refractivity contribution >= 4 is 5.91 Å². The van der Waals surface area contributed by atoms with Crippen LogP contribution in [0.1, 0.15) is 21.6 Å². The molecule has 4 nitrogen and oxygen atoms in total. The average Bonchev–Trinajstić information content (AvgIpc) is 2.38. The minimum absolute atomic E-state index is 0.248. The molecule has 3 N–H and O–H groups in total. The molecule has 0 fully saturated rings. The number of amides is 1. The molecule has 0 unspecified atom stereocenters. The number of aryl methyl sites for hydroxylation is 2. The van der Waals surface area contributed by atoms with Crippen LogP contribution in [0.15, 0.2) is 42.6 Å². The SMILES string of the molecule is NC(=O)c1ncccc1CCc1ccc(O)cc1. The van der Waals surface area contributed by atoms with Crippen LogP contribution < -0.4 is 5.73 Å². The van der Waals surface area contributed by atoms with Gasteiger partial charge in [0.1, 0.15) is 11.4 Å². The van der Waals surface area contributed by atoms with E-state index in [4.69, 9.17) is 5.73 Å². The number of pyridine rings is 1. The molecule has 1 amide bonds. The third-order valence-corrected chi connectivity index (χ3v) is 2.74. The predicted molar refractivity (Wildman–Crippen MR) is 68.3 cm³/mol. The van der Waals surface area contributed by atoms with E-state index in [1.54, 1.807) is 24.4 Å². The van der Waals surface area contributed by atoms with Gasteiger partial charge in [-0.05, 0) is 42.2 Å². The van der Waals surface area contributed by atoms with E-state index in [9.17, 15) is 9.90 Å². The van der Waals surface area contributed by atoms with Crippen molar-refractivity contribution in [3.8, 4) is 5.75 Å². The molecule has 4 heteroatoms. The third-order valence-electron chi connectivity index (χ3n) is 2.74. The first-order chi connectivity index (χ1) is 8.66. The van der Waals surface area contributed by atoms with E-state index in [0.29, 0.717) is 12.1 Å². The number of nitrogens with two attached hydrogens (primary N) is 1. The normalized spacial score (nSPS) is 10.2. The van der Waals surface area contributed by atoms with E-state index in [-0.39, 0.29) is 5.75 Å². The number of benzene rings is 1. The van der Waals surface area contributed by atoms with Gasteiger partial charge in [-0.25, -0.2) is 0 Å². The Balaban J connectivity index is 2.10. The smallest absolute Gasteiger partial charge is 0.267 e. The topological polar surface area (TPSA) is 76.2 Å². The number of rotatable bonds is 4. The van der Waals surface area contributed by atoms with Crippen LogP contribution in [-0.4, -0.2) is 16.0 Å². The number of aromatic nitrogens is 1. The highest BCUT2D eigenvalue weighted by Crippen LogP contribution is 2.13. The van der Waals surface area contributed by atoms with E-state index in [0.717, 1.165) is 17.5 Å². The highest BCUT2D eigenvalue weighted by Gasteiger charge is 2.08. The highest BCUT2D eigenvalue weighted by molar-refractivity contribution is 5.92. The number of nitrogens with zero attached hydrogens (tertiary/aromatic N) is 1. The van der Waals surface area contributed by atoms with Gasteiger partial charge in [0.25, 0.3) is 5.91 Å². The van der Waals surface area contributed by atoms with Crippen molar-refractivity contribution in [3.05, 3.63) is 59.4 Å². The number of primary amides is 1. The average molecular weight is 242 g/mol. The molecule has 1 aromatic carbocycles. The van der Waals surface area contributed by atoms with Crippen LogP contribution in [0, 0.1) is 0 Å². The van der Waals surface area contributed by atoms with Crippen molar-refractivity contribution < 1.29 is 9.90 Å². The van der Waals surface area contributed by atoms with E-state index in [1.807, 2.05) is 18.2 Å². The van der Waals surface area contributed by atoms with E-state index in [2.05, 4.69) is 4.98 Å². The van der Waals surface area contributed by atoms with Gasteiger partial charge in [0.15, 0.2) is 0 Å². The van der Waals surface area contributed by atoms with Gasteiger partial charge < -0.3 is 10.8 Å². The zero-order valence-electron chi connectivity index (χ0n) is 9.84. The summed E-state index contributed by atoms with van der Waals surface area (Å²) in [7, 11) is 0.